The topological polar surface area (TPSA) is 38.8 Å². The quantitative estimate of drug-likeness (QED) is 0.866. The Balaban J connectivity index is 1.46. The van der Waals surface area contributed by atoms with Gasteiger partial charge in [0.15, 0.2) is 11.5 Å². The van der Waals surface area contributed by atoms with Crippen molar-refractivity contribution in [1.82, 2.24) is 4.90 Å². The molecule has 1 atom stereocenters. The van der Waals surface area contributed by atoms with Gasteiger partial charge in [0.05, 0.1) is 0 Å². The van der Waals surface area contributed by atoms with Gasteiger partial charge in [-0.25, -0.2) is 0 Å². The van der Waals surface area contributed by atoms with Gasteiger partial charge in [-0.05, 0) is 48.2 Å². The highest BCUT2D eigenvalue weighted by atomic mass is 16.7. The molecular weight excluding hydrogens is 302 g/mol. The van der Waals surface area contributed by atoms with Crippen molar-refractivity contribution in [3.63, 3.8) is 0 Å². The van der Waals surface area contributed by atoms with Crippen LogP contribution in [0.2, 0.25) is 0 Å². The fourth-order valence-corrected chi connectivity index (χ4v) is 3.45. The van der Waals surface area contributed by atoms with Gasteiger partial charge < -0.3 is 14.4 Å². The van der Waals surface area contributed by atoms with E-state index in [9.17, 15) is 4.79 Å². The van der Waals surface area contributed by atoms with Crippen LogP contribution in [0.15, 0.2) is 42.5 Å². The summed E-state index contributed by atoms with van der Waals surface area (Å²) in [4.78, 5) is 14.6. The highest BCUT2D eigenvalue weighted by Gasteiger charge is 2.29. The van der Waals surface area contributed by atoms with Crippen LogP contribution in [0.5, 0.6) is 11.5 Å². The zero-order chi connectivity index (χ0) is 16.5. The summed E-state index contributed by atoms with van der Waals surface area (Å²) in [5, 5.41) is 0. The van der Waals surface area contributed by atoms with E-state index in [0.717, 1.165) is 43.0 Å². The Hall–Kier alpha value is -2.49. The summed E-state index contributed by atoms with van der Waals surface area (Å²) in [5.74, 6) is 2.10. The molecule has 1 fully saturated rings. The van der Waals surface area contributed by atoms with E-state index >= 15 is 0 Å². The molecule has 1 unspecified atom stereocenters. The molecule has 2 aromatic rings. The van der Waals surface area contributed by atoms with Gasteiger partial charge in [-0.1, -0.05) is 25.1 Å². The molecule has 0 aromatic heterocycles. The van der Waals surface area contributed by atoms with Crippen LogP contribution in [-0.2, 0) is 6.42 Å². The lowest BCUT2D eigenvalue weighted by atomic mass is 9.98. The molecule has 0 aliphatic carbocycles. The van der Waals surface area contributed by atoms with Gasteiger partial charge >= 0.3 is 0 Å². The minimum Gasteiger partial charge on any atom is -0.454 e. The van der Waals surface area contributed by atoms with Gasteiger partial charge in [-0.15, -0.1) is 0 Å². The normalized spacial score (nSPS) is 18.9. The summed E-state index contributed by atoms with van der Waals surface area (Å²) >= 11 is 0. The minimum absolute atomic E-state index is 0.126. The Morgan fingerprint density at radius 1 is 1.12 bits per heavy atom. The smallest absolute Gasteiger partial charge is 0.253 e. The van der Waals surface area contributed by atoms with E-state index in [2.05, 4.69) is 19.1 Å². The highest BCUT2D eigenvalue weighted by Crippen LogP contribution is 2.37. The van der Waals surface area contributed by atoms with Gasteiger partial charge in [0, 0.05) is 24.6 Å². The maximum atomic E-state index is 12.7. The molecular formula is C20H21NO3. The van der Waals surface area contributed by atoms with Gasteiger partial charge in [-0.2, -0.15) is 0 Å². The van der Waals surface area contributed by atoms with Gasteiger partial charge in [-0.3, -0.25) is 4.79 Å². The first-order valence-electron chi connectivity index (χ1n) is 8.52. The largest absolute Gasteiger partial charge is 0.454 e. The third-order valence-electron chi connectivity index (χ3n) is 4.95. The number of nitrogens with zero attached hydrogens (tertiary/aromatic N) is 1. The number of hydrogen-bond acceptors (Lipinski definition) is 3. The number of fused-ring (bicyclic) bond motifs is 1. The third kappa shape index (κ3) is 2.73. The van der Waals surface area contributed by atoms with Crippen LogP contribution in [0.4, 0.5) is 0 Å². The van der Waals surface area contributed by atoms with Gasteiger partial charge in [0.25, 0.3) is 5.91 Å². The Labute approximate surface area is 142 Å². The monoisotopic (exact) mass is 323 g/mol. The number of aryl methyl sites for hydroxylation is 1. The Kier molecular flexibility index (Phi) is 3.89. The first kappa shape index (κ1) is 15.1. The van der Waals surface area contributed by atoms with Crippen molar-refractivity contribution in [2.45, 2.75) is 25.7 Å². The van der Waals surface area contributed by atoms with Crippen LogP contribution in [-0.4, -0.2) is 30.7 Å². The number of likely N-dealkylation sites (tertiary alicyclic amines) is 1. The molecule has 1 amide bonds. The van der Waals surface area contributed by atoms with Gasteiger partial charge in [0.2, 0.25) is 6.79 Å². The fourth-order valence-electron chi connectivity index (χ4n) is 3.45. The summed E-state index contributed by atoms with van der Waals surface area (Å²) in [7, 11) is 0. The molecule has 0 bridgehead atoms. The second-order valence-corrected chi connectivity index (χ2v) is 6.40. The van der Waals surface area contributed by atoms with Gasteiger partial charge in [0.1, 0.15) is 0 Å². The zero-order valence-corrected chi connectivity index (χ0v) is 13.8. The molecule has 4 rings (SSSR count). The predicted octanol–water partition coefficient (Wildman–Crippen LogP) is 3.61. The Morgan fingerprint density at radius 2 is 1.92 bits per heavy atom. The van der Waals surface area contributed by atoms with Crippen LogP contribution in [0.1, 0.15) is 40.7 Å². The van der Waals surface area contributed by atoms with Crippen molar-refractivity contribution in [3.8, 4) is 11.5 Å². The zero-order valence-electron chi connectivity index (χ0n) is 13.8. The van der Waals surface area contributed by atoms with Crippen molar-refractivity contribution in [2.24, 2.45) is 0 Å². The number of amides is 1. The average molecular weight is 323 g/mol. The molecule has 4 heteroatoms. The summed E-state index contributed by atoms with van der Waals surface area (Å²) in [6.45, 7) is 3.97. The molecule has 1 saturated heterocycles. The number of carbonyl (C=O) groups excluding carboxylic acids is 1. The van der Waals surface area contributed by atoms with E-state index in [4.69, 9.17) is 9.47 Å². The minimum atomic E-state index is 0.126. The lowest BCUT2D eigenvalue weighted by Crippen LogP contribution is -2.28. The molecule has 0 N–H and O–H groups in total. The maximum Gasteiger partial charge on any atom is 0.253 e. The van der Waals surface area contributed by atoms with Crippen LogP contribution in [0.3, 0.4) is 0 Å². The average Bonchev–Trinajstić information content (AvgIpc) is 3.29. The lowest BCUT2D eigenvalue weighted by Gasteiger charge is -2.17. The lowest BCUT2D eigenvalue weighted by molar-refractivity contribution is 0.0791. The van der Waals surface area contributed by atoms with Crippen LogP contribution in [0, 0.1) is 0 Å². The van der Waals surface area contributed by atoms with Crippen LogP contribution >= 0.6 is 0 Å². The van der Waals surface area contributed by atoms with Crippen molar-refractivity contribution in [3.05, 3.63) is 59.2 Å². The van der Waals surface area contributed by atoms with Crippen LogP contribution < -0.4 is 9.47 Å². The van der Waals surface area contributed by atoms with E-state index < -0.39 is 0 Å². The fraction of sp³-hybridized carbons (Fsp3) is 0.350. The predicted molar refractivity (Wildman–Crippen MR) is 91.6 cm³/mol. The van der Waals surface area contributed by atoms with E-state index in [-0.39, 0.29) is 5.91 Å². The molecule has 0 radical (unpaired) electrons. The van der Waals surface area contributed by atoms with E-state index in [0.29, 0.717) is 12.7 Å². The van der Waals surface area contributed by atoms with Crippen molar-refractivity contribution < 1.29 is 14.3 Å². The molecule has 2 aromatic carbocycles. The van der Waals surface area contributed by atoms with Crippen molar-refractivity contribution in [2.75, 3.05) is 19.9 Å². The summed E-state index contributed by atoms with van der Waals surface area (Å²) in [6, 6.07) is 14.1. The molecule has 2 heterocycles. The number of benzene rings is 2. The SMILES string of the molecule is CCc1ccc(C(=O)N2CCC(c3ccc4c(c3)OCO4)C2)cc1. The first-order valence-corrected chi connectivity index (χ1v) is 8.52. The highest BCUT2D eigenvalue weighted by molar-refractivity contribution is 5.94. The van der Waals surface area contributed by atoms with Crippen LogP contribution in [0.25, 0.3) is 0 Å². The summed E-state index contributed by atoms with van der Waals surface area (Å²) < 4.78 is 10.8. The standard InChI is InChI=1S/C20H21NO3/c1-2-14-3-5-15(6-4-14)20(22)21-10-9-17(12-21)16-7-8-18-19(11-16)24-13-23-18/h3-8,11,17H,2,9-10,12-13H2,1H3. The van der Waals surface area contributed by atoms with Crippen molar-refractivity contribution >= 4 is 5.91 Å². The summed E-state index contributed by atoms with van der Waals surface area (Å²) in [6.07, 6.45) is 1.98. The third-order valence-corrected chi connectivity index (χ3v) is 4.95. The molecule has 0 spiro atoms. The van der Waals surface area contributed by atoms with E-state index in [1.807, 2.05) is 35.2 Å². The Morgan fingerprint density at radius 3 is 2.71 bits per heavy atom. The summed E-state index contributed by atoms with van der Waals surface area (Å²) in [5.41, 5.74) is 3.25. The maximum absolute atomic E-state index is 12.7. The second-order valence-electron chi connectivity index (χ2n) is 6.40. The number of hydrogen-bond donors (Lipinski definition) is 0. The number of carbonyl (C=O) groups is 1. The molecule has 2 aliphatic rings. The second kappa shape index (κ2) is 6.19. The molecule has 124 valence electrons. The van der Waals surface area contributed by atoms with E-state index in [1.165, 1.54) is 11.1 Å². The molecule has 4 nitrogen and oxygen atoms in total. The number of rotatable bonds is 3. The Bertz CT molecular complexity index is 754. The van der Waals surface area contributed by atoms with Crippen molar-refractivity contribution in [1.29, 1.82) is 0 Å². The first-order chi connectivity index (χ1) is 11.7. The molecule has 24 heavy (non-hydrogen) atoms. The molecule has 0 saturated carbocycles. The molecule has 2 aliphatic heterocycles. The number of ether oxygens (including phenoxy) is 2. The van der Waals surface area contributed by atoms with E-state index in [1.54, 1.807) is 0 Å².